The van der Waals surface area contributed by atoms with Gasteiger partial charge in [-0.1, -0.05) is 6.07 Å². The maximum atomic E-state index is 11.9. The zero-order valence-electron chi connectivity index (χ0n) is 12.6. The number of carbonyl (C=O) groups is 1. The van der Waals surface area contributed by atoms with Gasteiger partial charge in [-0.15, -0.1) is 0 Å². The van der Waals surface area contributed by atoms with Crippen LogP contribution in [0.2, 0.25) is 0 Å². The summed E-state index contributed by atoms with van der Waals surface area (Å²) in [5.74, 6) is 1.21. The molecule has 0 radical (unpaired) electrons. The largest absolute Gasteiger partial charge is 0.494 e. The first kappa shape index (κ1) is 16.4. The monoisotopic (exact) mass is 363 g/mol. The molecule has 0 aromatic heterocycles. The molecule has 5 heteroatoms. The first-order valence-corrected chi connectivity index (χ1v) is 7.79. The molecule has 4 nitrogen and oxygen atoms in total. The van der Waals surface area contributed by atoms with E-state index in [1.54, 1.807) is 12.1 Å². The minimum atomic E-state index is -0.211. The van der Waals surface area contributed by atoms with Gasteiger partial charge in [0, 0.05) is 5.69 Å². The van der Waals surface area contributed by atoms with Gasteiger partial charge in [0.2, 0.25) is 0 Å². The summed E-state index contributed by atoms with van der Waals surface area (Å²) in [5, 5.41) is 2.78. The third-order valence-corrected chi connectivity index (χ3v) is 3.51. The fraction of sp³-hybridized carbons (Fsp3) is 0.235. The summed E-state index contributed by atoms with van der Waals surface area (Å²) in [4.78, 5) is 11.9. The Hall–Kier alpha value is -2.01. The summed E-state index contributed by atoms with van der Waals surface area (Å²) < 4.78 is 11.7. The predicted molar refractivity (Wildman–Crippen MR) is 90.6 cm³/mol. The number of amides is 1. The van der Waals surface area contributed by atoms with Gasteiger partial charge in [-0.05, 0) is 71.7 Å². The lowest BCUT2D eigenvalue weighted by atomic mass is 10.2. The number of hydrogen-bond donors (Lipinski definition) is 1. The maximum Gasteiger partial charge on any atom is 0.262 e. The lowest BCUT2D eigenvalue weighted by Gasteiger charge is -2.10. The lowest BCUT2D eigenvalue weighted by Crippen LogP contribution is -2.20. The molecule has 1 amide bonds. The average molecular weight is 364 g/mol. The summed E-state index contributed by atoms with van der Waals surface area (Å²) in [6, 6.07) is 12.9. The van der Waals surface area contributed by atoms with E-state index in [1.165, 1.54) is 0 Å². The van der Waals surface area contributed by atoms with Crippen LogP contribution >= 0.6 is 15.9 Å². The van der Waals surface area contributed by atoms with Crippen LogP contribution in [0.3, 0.4) is 0 Å². The Labute approximate surface area is 138 Å². The van der Waals surface area contributed by atoms with E-state index in [-0.39, 0.29) is 12.5 Å². The van der Waals surface area contributed by atoms with E-state index in [0.29, 0.717) is 18.0 Å². The molecule has 0 bridgehead atoms. The summed E-state index contributed by atoms with van der Waals surface area (Å²) in [5.41, 5.74) is 1.83. The second kappa shape index (κ2) is 7.84. The molecule has 116 valence electrons. The average Bonchev–Trinajstić information content (AvgIpc) is 2.49. The van der Waals surface area contributed by atoms with Crippen molar-refractivity contribution in [3.8, 4) is 11.5 Å². The smallest absolute Gasteiger partial charge is 0.262 e. The van der Waals surface area contributed by atoms with Crippen LogP contribution in [0.25, 0.3) is 0 Å². The molecular weight excluding hydrogens is 346 g/mol. The molecule has 0 aliphatic rings. The van der Waals surface area contributed by atoms with Crippen LogP contribution in [-0.4, -0.2) is 19.1 Å². The van der Waals surface area contributed by atoms with Crippen molar-refractivity contribution in [2.45, 2.75) is 13.8 Å². The molecule has 0 atom stereocenters. The fourth-order valence-electron chi connectivity index (χ4n) is 1.86. The van der Waals surface area contributed by atoms with Gasteiger partial charge in [0.1, 0.15) is 11.5 Å². The van der Waals surface area contributed by atoms with E-state index >= 15 is 0 Å². The number of anilines is 1. The molecule has 2 rings (SSSR count). The van der Waals surface area contributed by atoms with Gasteiger partial charge >= 0.3 is 0 Å². The zero-order valence-corrected chi connectivity index (χ0v) is 14.1. The molecule has 0 heterocycles. The summed E-state index contributed by atoms with van der Waals surface area (Å²) in [7, 11) is 0. The number of nitrogens with one attached hydrogen (secondary N) is 1. The molecule has 0 spiro atoms. The maximum absolute atomic E-state index is 11.9. The Morgan fingerprint density at radius 1 is 1.14 bits per heavy atom. The fourth-order valence-corrected chi connectivity index (χ4v) is 2.47. The summed E-state index contributed by atoms with van der Waals surface area (Å²) in [6.45, 7) is 4.49. The molecule has 2 aromatic carbocycles. The quantitative estimate of drug-likeness (QED) is 0.837. The normalized spacial score (nSPS) is 10.1. The minimum Gasteiger partial charge on any atom is -0.494 e. The predicted octanol–water partition coefficient (Wildman–Crippen LogP) is 4.17. The number of hydrogen-bond acceptors (Lipinski definition) is 3. The van der Waals surface area contributed by atoms with Gasteiger partial charge in [-0.3, -0.25) is 4.79 Å². The number of benzene rings is 2. The Morgan fingerprint density at radius 3 is 2.50 bits per heavy atom. The number of rotatable bonds is 6. The third-order valence-electron chi connectivity index (χ3n) is 2.90. The highest BCUT2D eigenvalue weighted by Crippen LogP contribution is 2.25. The highest BCUT2D eigenvalue weighted by Gasteiger charge is 2.06. The van der Waals surface area contributed by atoms with Crippen LogP contribution in [0.5, 0.6) is 11.5 Å². The van der Waals surface area contributed by atoms with Gasteiger partial charge in [-0.25, -0.2) is 0 Å². The standard InChI is InChI=1S/C17H18BrNO3/c1-3-21-14-7-5-13(6-8-14)19-17(20)11-22-16-9-4-12(2)10-15(16)18/h4-10H,3,11H2,1-2H3,(H,19,20). The number of halogens is 1. The molecule has 0 fully saturated rings. The topological polar surface area (TPSA) is 47.6 Å². The van der Waals surface area contributed by atoms with E-state index in [0.717, 1.165) is 15.8 Å². The lowest BCUT2D eigenvalue weighted by molar-refractivity contribution is -0.118. The molecule has 0 saturated heterocycles. The van der Waals surface area contributed by atoms with E-state index in [9.17, 15) is 4.79 Å². The number of aryl methyl sites for hydroxylation is 1. The third kappa shape index (κ3) is 4.77. The SMILES string of the molecule is CCOc1ccc(NC(=O)COc2ccc(C)cc2Br)cc1. The van der Waals surface area contributed by atoms with E-state index < -0.39 is 0 Å². The van der Waals surface area contributed by atoms with Gasteiger partial charge in [0.15, 0.2) is 6.61 Å². The van der Waals surface area contributed by atoms with Gasteiger partial charge in [0.05, 0.1) is 11.1 Å². The second-order valence-corrected chi connectivity index (χ2v) is 5.58. The summed E-state index contributed by atoms with van der Waals surface area (Å²) in [6.07, 6.45) is 0. The Balaban J connectivity index is 1.87. The highest BCUT2D eigenvalue weighted by molar-refractivity contribution is 9.10. The molecule has 0 aliphatic heterocycles. The molecule has 2 aromatic rings. The van der Waals surface area contributed by atoms with Crippen molar-refractivity contribution in [3.05, 3.63) is 52.5 Å². The van der Waals surface area contributed by atoms with Crippen LogP contribution in [0.1, 0.15) is 12.5 Å². The van der Waals surface area contributed by atoms with Gasteiger partial charge in [0.25, 0.3) is 5.91 Å². The number of carbonyl (C=O) groups excluding carboxylic acids is 1. The van der Waals surface area contributed by atoms with Crippen molar-refractivity contribution in [2.75, 3.05) is 18.5 Å². The molecule has 0 saturated carbocycles. The molecule has 1 N–H and O–H groups in total. The van der Waals surface area contributed by atoms with Gasteiger partial charge in [-0.2, -0.15) is 0 Å². The number of ether oxygens (including phenoxy) is 2. The Kier molecular flexibility index (Phi) is 5.83. The van der Waals surface area contributed by atoms with Crippen molar-refractivity contribution < 1.29 is 14.3 Å². The summed E-state index contributed by atoms with van der Waals surface area (Å²) >= 11 is 3.42. The minimum absolute atomic E-state index is 0.0468. The van der Waals surface area contributed by atoms with Crippen LogP contribution in [0.15, 0.2) is 46.9 Å². The van der Waals surface area contributed by atoms with E-state index in [1.807, 2.05) is 44.2 Å². The highest BCUT2D eigenvalue weighted by atomic mass is 79.9. The first-order valence-electron chi connectivity index (χ1n) is 7.00. The molecule has 0 aliphatic carbocycles. The first-order chi connectivity index (χ1) is 10.6. The second-order valence-electron chi connectivity index (χ2n) is 4.73. The molecular formula is C17H18BrNO3. The molecule has 0 unspecified atom stereocenters. The van der Waals surface area contributed by atoms with Crippen LogP contribution < -0.4 is 14.8 Å². The van der Waals surface area contributed by atoms with Crippen molar-refractivity contribution in [3.63, 3.8) is 0 Å². The van der Waals surface area contributed by atoms with Crippen molar-refractivity contribution in [2.24, 2.45) is 0 Å². The van der Waals surface area contributed by atoms with Crippen molar-refractivity contribution in [1.82, 2.24) is 0 Å². The van der Waals surface area contributed by atoms with E-state index in [4.69, 9.17) is 9.47 Å². The zero-order chi connectivity index (χ0) is 15.9. The van der Waals surface area contributed by atoms with Crippen molar-refractivity contribution >= 4 is 27.5 Å². The van der Waals surface area contributed by atoms with Crippen LogP contribution in [-0.2, 0) is 4.79 Å². The van der Waals surface area contributed by atoms with Gasteiger partial charge < -0.3 is 14.8 Å². The molecule has 22 heavy (non-hydrogen) atoms. The van der Waals surface area contributed by atoms with Crippen LogP contribution in [0.4, 0.5) is 5.69 Å². The Bertz CT molecular complexity index is 641. The van der Waals surface area contributed by atoms with Crippen LogP contribution in [0, 0.1) is 6.92 Å². The van der Waals surface area contributed by atoms with Crippen molar-refractivity contribution in [1.29, 1.82) is 0 Å². The van der Waals surface area contributed by atoms with E-state index in [2.05, 4.69) is 21.2 Å². The Morgan fingerprint density at radius 2 is 1.86 bits per heavy atom.